The van der Waals surface area contributed by atoms with Crippen LogP contribution in [0.1, 0.15) is 44.3 Å². The average molecular weight is 373 g/mol. The van der Waals surface area contributed by atoms with Gasteiger partial charge >= 0.3 is 0 Å². The SMILES string of the molecule is CC(O)OCc1cc2c(c(N)c1-c1ccccc1)C(=O)c1ccccc1C2=O. The monoisotopic (exact) mass is 373 g/mol. The second-order valence-electron chi connectivity index (χ2n) is 6.73. The van der Waals surface area contributed by atoms with Crippen LogP contribution in [0.5, 0.6) is 0 Å². The van der Waals surface area contributed by atoms with Gasteiger partial charge in [-0.05, 0) is 24.1 Å². The fourth-order valence-corrected chi connectivity index (χ4v) is 3.61. The highest BCUT2D eigenvalue weighted by molar-refractivity contribution is 6.30. The first-order valence-corrected chi connectivity index (χ1v) is 8.98. The summed E-state index contributed by atoms with van der Waals surface area (Å²) < 4.78 is 5.37. The van der Waals surface area contributed by atoms with Crippen LogP contribution < -0.4 is 5.73 Å². The number of aliphatic hydroxyl groups excluding tert-OH is 1. The Morgan fingerprint density at radius 3 is 2.14 bits per heavy atom. The van der Waals surface area contributed by atoms with E-state index in [-0.39, 0.29) is 35.0 Å². The van der Waals surface area contributed by atoms with Crippen LogP contribution in [-0.4, -0.2) is 23.0 Å². The van der Waals surface area contributed by atoms with Gasteiger partial charge in [0.2, 0.25) is 0 Å². The first-order chi connectivity index (χ1) is 13.5. The smallest absolute Gasteiger partial charge is 0.196 e. The summed E-state index contributed by atoms with van der Waals surface area (Å²) in [6.07, 6.45) is -0.973. The molecule has 1 unspecified atom stereocenters. The summed E-state index contributed by atoms with van der Waals surface area (Å²) in [5.74, 6) is -0.502. The normalized spacial score (nSPS) is 13.8. The Labute approximate surface area is 162 Å². The van der Waals surface area contributed by atoms with E-state index in [1.807, 2.05) is 30.3 Å². The number of anilines is 1. The number of ketones is 2. The van der Waals surface area contributed by atoms with Gasteiger partial charge in [-0.2, -0.15) is 0 Å². The van der Waals surface area contributed by atoms with Crippen LogP contribution in [0.3, 0.4) is 0 Å². The van der Waals surface area contributed by atoms with Crippen LogP contribution >= 0.6 is 0 Å². The molecular weight excluding hydrogens is 354 g/mol. The minimum atomic E-state index is -0.973. The van der Waals surface area contributed by atoms with Crippen LogP contribution in [0.15, 0.2) is 60.7 Å². The van der Waals surface area contributed by atoms with E-state index in [1.165, 1.54) is 6.92 Å². The highest BCUT2D eigenvalue weighted by Crippen LogP contribution is 2.39. The average Bonchev–Trinajstić information content (AvgIpc) is 2.70. The Bertz CT molecular complexity index is 1090. The van der Waals surface area contributed by atoms with Gasteiger partial charge in [0.05, 0.1) is 17.9 Å². The molecule has 3 aromatic carbocycles. The zero-order valence-electron chi connectivity index (χ0n) is 15.3. The number of hydrogen-bond donors (Lipinski definition) is 2. The maximum absolute atomic E-state index is 13.1. The molecule has 0 saturated heterocycles. The number of benzene rings is 3. The molecular formula is C23H19NO4. The maximum atomic E-state index is 13.1. The third kappa shape index (κ3) is 2.91. The van der Waals surface area contributed by atoms with Crippen molar-refractivity contribution in [2.24, 2.45) is 0 Å². The summed E-state index contributed by atoms with van der Waals surface area (Å²) in [5, 5.41) is 9.53. The lowest BCUT2D eigenvalue weighted by Crippen LogP contribution is -2.23. The molecule has 3 N–H and O–H groups in total. The molecule has 0 amide bonds. The Hall–Kier alpha value is -3.28. The van der Waals surface area contributed by atoms with Crippen molar-refractivity contribution in [2.75, 3.05) is 5.73 Å². The van der Waals surface area contributed by atoms with Crippen molar-refractivity contribution in [2.45, 2.75) is 19.8 Å². The number of carbonyl (C=O) groups excluding carboxylic acids is 2. The van der Waals surface area contributed by atoms with Gasteiger partial charge in [-0.3, -0.25) is 9.59 Å². The lowest BCUT2D eigenvalue weighted by atomic mass is 9.80. The quantitative estimate of drug-likeness (QED) is 0.422. The number of rotatable bonds is 4. The number of aliphatic hydroxyl groups is 1. The van der Waals surface area contributed by atoms with Gasteiger partial charge in [-0.25, -0.2) is 0 Å². The van der Waals surface area contributed by atoms with E-state index >= 15 is 0 Å². The molecule has 3 aromatic rings. The van der Waals surface area contributed by atoms with Crippen LogP contribution in [0.2, 0.25) is 0 Å². The molecule has 0 fully saturated rings. The number of fused-ring (bicyclic) bond motifs is 2. The van der Waals surface area contributed by atoms with Gasteiger partial charge in [-0.15, -0.1) is 0 Å². The van der Waals surface area contributed by atoms with Crippen LogP contribution in [-0.2, 0) is 11.3 Å². The Balaban J connectivity index is 1.98. The molecule has 28 heavy (non-hydrogen) atoms. The summed E-state index contributed by atoms with van der Waals surface area (Å²) in [7, 11) is 0. The summed E-state index contributed by atoms with van der Waals surface area (Å²) in [5.41, 5.74) is 10.0. The van der Waals surface area contributed by atoms with Crippen LogP contribution in [0, 0.1) is 0 Å². The van der Waals surface area contributed by atoms with E-state index < -0.39 is 6.29 Å². The van der Waals surface area contributed by atoms with E-state index in [2.05, 4.69) is 0 Å². The minimum Gasteiger partial charge on any atom is -0.398 e. The molecule has 140 valence electrons. The molecule has 1 aliphatic rings. The number of carbonyl (C=O) groups is 2. The standard InChI is InChI=1S/C23H19NO4/c1-13(25)28-12-15-11-18-20(21(24)19(15)14-7-3-2-4-8-14)23(27)17-10-6-5-9-16(17)22(18)26/h2-11,13,25H,12,24H2,1H3. The third-order valence-electron chi connectivity index (χ3n) is 4.88. The Kier molecular flexibility index (Phi) is 4.55. The van der Waals surface area contributed by atoms with Crippen LogP contribution in [0.4, 0.5) is 5.69 Å². The first kappa shape index (κ1) is 18.1. The van der Waals surface area contributed by atoms with Gasteiger partial charge in [-0.1, -0.05) is 54.6 Å². The molecule has 1 atom stereocenters. The first-order valence-electron chi connectivity index (χ1n) is 8.98. The fraction of sp³-hybridized carbons (Fsp3) is 0.130. The molecule has 0 bridgehead atoms. The van der Waals surface area contributed by atoms with Gasteiger partial charge < -0.3 is 15.6 Å². The topological polar surface area (TPSA) is 89.6 Å². The molecule has 1 aliphatic carbocycles. The molecule has 0 saturated carbocycles. The van der Waals surface area contributed by atoms with Crippen molar-refractivity contribution in [1.29, 1.82) is 0 Å². The molecule has 0 aliphatic heterocycles. The lowest BCUT2D eigenvalue weighted by Gasteiger charge is -2.23. The van der Waals surface area contributed by atoms with Crippen molar-refractivity contribution in [1.82, 2.24) is 0 Å². The van der Waals surface area contributed by atoms with Crippen molar-refractivity contribution < 1.29 is 19.4 Å². The molecule has 0 radical (unpaired) electrons. The zero-order valence-corrected chi connectivity index (χ0v) is 15.3. The van der Waals surface area contributed by atoms with Gasteiger partial charge in [0.25, 0.3) is 0 Å². The molecule has 0 spiro atoms. The molecule has 4 rings (SSSR count). The molecule has 5 nitrogen and oxygen atoms in total. The highest BCUT2D eigenvalue weighted by atomic mass is 16.6. The minimum absolute atomic E-state index is 0.0580. The van der Waals surface area contributed by atoms with Gasteiger partial charge in [0.15, 0.2) is 17.9 Å². The highest BCUT2D eigenvalue weighted by Gasteiger charge is 2.33. The summed E-state index contributed by atoms with van der Waals surface area (Å²) in [6.45, 7) is 1.57. The van der Waals surface area contributed by atoms with Crippen LogP contribution in [0.25, 0.3) is 11.1 Å². The molecule has 0 heterocycles. The molecule has 0 aromatic heterocycles. The fourth-order valence-electron chi connectivity index (χ4n) is 3.61. The largest absolute Gasteiger partial charge is 0.398 e. The number of hydrogen-bond acceptors (Lipinski definition) is 5. The Morgan fingerprint density at radius 1 is 0.893 bits per heavy atom. The number of nitrogens with two attached hydrogens (primary N) is 1. The zero-order chi connectivity index (χ0) is 19.8. The predicted molar refractivity (Wildman–Crippen MR) is 106 cm³/mol. The van der Waals surface area contributed by atoms with E-state index in [9.17, 15) is 14.7 Å². The second kappa shape index (κ2) is 7.03. The number of ether oxygens (including phenoxy) is 1. The summed E-state index contributed by atoms with van der Waals surface area (Å²) in [6, 6.07) is 17.8. The predicted octanol–water partition coefficient (Wildman–Crippen LogP) is 3.57. The van der Waals surface area contributed by atoms with Crippen molar-refractivity contribution >= 4 is 17.3 Å². The van der Waals surface area contributed by atoms with Crippen molar-refractivity contribution in [3.63, 3.8) is 0 Å². The molecule has 5 heteroatoms. The van der Waals surface area contributed by atoms with Gasteiger partial charge in [0.1, 0.15) is 0 Å². The van der Waals surface area contributed by atoms with E-state index in [0.717, 1.165) is 5.56 Å². The summed E-state index contributed by atoms with van der Waals surface area (Å²) >= 11 is 0. The number of nitrogen functional groups attached to an aromatic ring is 1. The van der Waals surface area contributed by atoms with E-state index in [4.69, 9.17) is 10.5 Å². The van der Waals surface area contributed by atoms with Gasteiger partial charge in [0, 0.05) is 22.3 Å². The lowest BCUT2D eigenvalue weighted by molar-refractivity contribution is -0.0938. The van der Waals surface area contributed by atoms with E-state index in [1.54, 1.807) is 30.3 Å². The van der Waals surface area contributed by atoms with Crippen molar-refractivity contribution in [3.8, 4) is 11.1 Å². The summed E-state index contributed by atoms with van der Waals surface area (Å²) in [4.78, 5) is 26.2. The third-order valence-corrected chi connectivity index (χ3v) is 4.88. The van der Waals surface area contributed by atoms with E-state index in [0.29, 0.717) is 22.3 Å². The maximum Gasteiger partial charge on any atom is 0.196 e. The van der Waals surface area contributed by atoms with Crippen molar-refractivity contribution in [3.05, 3.63) is 88.5 Å². The Morgan fingerprint density at radius 2 is 1.50 bits per heavy atom. The second-order valence-corrected chi connectivity index (χ2v) is 6.73.